The molecule has 1 aliphatic heterocycles. The Kier molecular flexibility index (Phi) is 5.43. The summed E-state index contributed by atoms with van der Waals surface area (Å²) in [7, 11) is 0. The summed E-state index contributed by atoms with van der Waals surface area (Å²) in [5.41, 5.74) is 0.854. The molecule has 0 unspecified atom stereocenters. The topological polar surface area (TPSA) is 94.1 Å². The highest BCUT2D eigenvalue weighted by Crippen LogP contribution is 2.32. The Morgan fingerprint density at radius 3 is 2.67 bits per heavy atom. The third-order valence-electron chi connectivity index (χ3n) is 4.90. The lowest BCUT2D eigenvalue weighted by molar-refractivity contribution is -0.124. The van der Waals surface area contributed by atoms with Crippen LogP contribution in [-0.2, 0) is 9.53 Å². The minimum atomic E-state index is -0.764. The SMILES string of the molecule is C[C@@H](NC(=O)COC(=O)c1ccc2ccccc2c1O)c1ccc2c(c1)OCCO2. The monoisotopic (exact) mass is 407 g/mol. The standard InChI is InChI=1S/C23H21NO6/c1-14(16-7-9-19-20(12-16)29-11-10-28-19)24-21(25)13-30-23(27)18-8-6-15-4-2-3-5-17(15)22(18)26/h2-9,12,14,26H,10-11,13H2,1H3,(H,24,25)/t14-/m1/s1. The molecule has 0 bridgehead atoms. The van der Waals surface area contributed by atoms with Gasteiger partial charge in [0.1, 0.15) is 24.5 Å². The molecular weight excluding hydrogens is 386 g/mol. The number of nitrogens with one attached hydrogen (secondary N) is 1. The maximum absolute atomic E-state index is 12.3. The van der Waals surface area contributed by atoms with Crippen LogP contribution < -0.4 is 14.8 Å². The van der Waals surface area contributed by atoms with Crippen LogP contribution in [0.15, 0.2) is 54.6 Å². The van der Waals surface area contributed by atoms with Crippen LogP contribution in [0.1, 0.15) is 28.9 Å². The van der Waals surface area contributed by atoms with Gasteiger partial charge >= 0.3 is 5.97 Å². The van der Waals surface area contributed by atoms with Gasteiger partial charge in [-0.15, -0.1) is 0 Å². The Balaban J connectivity index is 1.36. The smallest absolute Gasteiger partial charge is 0.342 e. The fourth-order valence-corrected chi connectivity index (χ4v) is 3.32. The van der Waals surface area contributed by atoms with E-state index in [0.29, 0.717) is 30.1 Å². The fourth-order valence-electron chi connectivity index (χ4n) is 3.32. The van der Waals surface area contributed by atoms with E-state index in [2.05, 4.69) is 5.32 Å². The number of rotatable bonds is 5. The minimum Gasteiger partial charge on any atom is -0.506 e. The summed E-state index contributed by atoms with van der Waals surface area (Å²) >= 11 is 0. The average molecular weight is 407 g/mol. The second kappa shape index (κ2) is 8.32. The lowest BCUT2D eigenvalue weighted by atomic mass is 10.1. The van der Waals surface area contributed by atoms with E-state index < -0.39 is 18.5 Å². The Hall–Kier alpha value is -3.74. The van der Waals surface area contributed by atoms with Crippen molar-refractivity contribution < 1.29 is 28.9 Å². The van der Waals surface area contributed by atoms with E-state index in [-0.39, 0.29) is 17.4 Å². The number of hydrogen-bond acceptors (Lipinski definition) is 6. The predicted octanol–water partition coefficient (Wildman–Crippen LogP) is 3.35. The summed E-state index contributed by atoms with van der Waals surface area (Å²) in [5, 5.41) is 14.5. The van der Waals surface area contributed by atoms with Gasteiger partial charge in [-0.3, -0.25) is 4.79 Å². The van der Waals surface area contributed by atoms with Gasteiger partial charge < -0.3 is 24.6 Å². The molecule has 1 atom stereocenters. The van der Waals surface area contributed by atoms with E-state index in [1.54, 1.807) is 24.3 Å². The van der Waals surface area contributed by atoms with Crippen LogP contribution in [0.3, 0.4) is 0 Å². The molecule has 1 heterocycles. The van der Waals surface area contributed by atoms with Gasteiger partial charge in [0.05, 0.1) is 6.04 Å². The number of phenolic OH excluding ortho intramolecular Hbond substituents is 1. The van der Waals surface area contributed by atoms with E-state index in [0.717, 1.165) is 10.9 Å². The fraction of sp³-hybridized carbons (Fsp3) is 0.217. The van der Waals surface area contributed by atoms with Crippen molar-refractivity contribution in [3.8, 4) is 17.2 Å². The highest BCUT2D eigenvalue weighted by molar-refractivity contribution is 6.01. The van der Waals surface area contributed by atoms with Crippen molar-refractivity contribution in [1.82, 2.24) is 5.32 Å². The molecular formula is C23H21NO6. The van der Waals surface area contributed by atoms with Gasteiger partial charge in [0.15, 0.2) is 18.1 Å². The van der Waals surface area contributed by atoms with Crippen LogP contribution in [-0.4, -0.2) is 36.8 Å². The molecule has 1 aliphatic rings. The third-order valence-corrected chi connectivity index (χ3v) is 4.90. The molecule has 0 saturated heterocycles. The molecule has 3 aromatic rings. The first-order chi connectivity index (χ1) is 14.5. The second-order valence-electron chi connectivity index (χ2n) is 6.95. The first kappa shape index (κ1) is 19.6. The Labute approximate surface area is 173 Å². The number of amides is 1. The van der Waals surface area contributed by atoms with E-state index in [1.165, 1.54) is 6.07 Å². The molecule has 0 radical (unpaired) electrons. The van der Waals surface area contributed by atoms with Gasteiger partial charge in [-0.1, -0.05) is 36.4 Å². The van der Waals surface area contributed by atoms with E-state index in [9.17, 15) is 14.7 Å². The van der Waals surface area contributed by atoms with Crippen molar-refractivity contribution in [3.63, 3.8) is 0 Å². The number of fused-ring (bicyclic) bond motifs is 2. The van der Waals surface area contributed by atoms with Gasteiger partial charge in [0.25, 0.3) is 5.91 Å². The summed E-state index contributed by atoms with van der Waals surface area (Å²) in [5.74, 6) is -0.0692. The van der Waals surface area contributed by atoms with Crippen molar-refractivity contribution in [2.75, 3.05) is 19.8 Å². The number of ether oxygens (including phenoxy) is 3. The zero-order chi connectivity index (χ0) is 21.1. The molecule has 7 heteroatoms. The molecule has 3 aromatic carbocycles. The van der Waals surface area contributed by atoms with Crippen LogP contribution in [0.4, 0.5) is 0 Å². The summed E-state index contributed by atoms with van der Waals surface area (Å²) < 4.78 is 16.1. The molecule has 0 spiro atoms. The Morgan fingerprint density at radius 2 is 1.83 bits per heavy atom. The maximum atomic E-state index is 12.3. The van der Waals surface area contributed by atoms with Gasteiger partial charge in [-0.25, -0.2) is 4.79 Å². The van der Waals surface area contributed by atoms with Gasteiger partial charge in [-0.2, -0.15) is 0 Å². The maximum Gasteiger partial charge on any atom is 0.342 e. The van der Waals surface area contributed by atoms with Crippen LogP contribution in [0.25, 0.3) is 10.8 Å². The average Bonchev–Trinajstić information content (AvgIpc) is 2.77. The number of aromatic hydroxyl groups is 1. The molecule has 0 fully saturated rings. The van der Waals surface area contributed by atoms with Crippen LogP contribution in [0.5, 0.6) is 17.2 Å². The Bertz CT molecular complexity index is 1110. The molecule has 7 nitrogen and oxygen atoms in total. The number of phenols is 1. The minimum absolute atomic E-state index is 0.0152. The second-order valence-corrected chi connectivity index (χ2v) is 6.95. The first-order valence-corrected chi connectivity index (χ1v) is 9.59. The molecule has 4 rings (SSSR count). The molecule has 154 valence electrons. The van der Waals surface area contributed by atoms with Crippen molar-refractivity contribution in [2.24, 2.45) is 0 Å². The van der Waals surface area contributed by atoms with Gasteiger partial charge in [0.2, 0.25) is 0 Å². The lowest BCUT2D eigenvalue weighted by Crippen LogP contribution is -2.31. The Morgan fingerprint density at radius 1 is 1.07 bits per heavy atom. The summed E-state index contributed by atoms with van der Waals surface area (Å²) in [4.78, 5) is 24.6. The number of hydrogen-bond donors (Lipinski definition) is 2. The lowest BCUT2D eigenvalue weighted by Gasteiger charge is -2.21. The highest BCUT2D eigenvalue weighted by Gasteiger charge is 2.19. The van der Waals surface area contributed by atoms with Gasteiger partial charge in [-0.05, 0) is 36.1 Å². The number of esters is 1. The van der Waals surface area contributed by atoms with E-state index >= 15 is 0 Å². The molecule has 0 aliphatic carbocycles. The van der Waals surface area contributed by atoms with E-state index in [1.807, 2.05) is 31.2 Å². The summed E-state index contributed by atoms with van der Waals surface area (Å²) in [6, 6.07) is 15.5. The van der Waals surface area contributed by atoms with Crippen molar-refractivity contribution in [3.05, 3.63) is 65.7 Å². The molecule has 0 aromatic heterocycles. The largest absolute Gasteiger partial charge is 0.506 e. The van der Waals surface area contributed by atoms with E-state index in [4.69, 9.17) is 14.2 Å². The first-order valence-electron chi connectivity index (χ1n) is 9.59. The van der Waals surface area contributed by atoms with Crippen molar-refractivity contribution in [2.45, 2.75) is 13.0 Å². The highest BCUT2D eigenvalue weighted by atomic mass is 16.6. The number of benzene rings is 3. The quantitative estimate of drug-likeness (QED) is 0.630. The summed E-state index contributed by atoms with van der Waals surface area (Å²) in [6.45, 7) is 2.35. The van der Waals surface area contributed by atoms with Crippen LogP contribution >= 0.6 is 0 Å². The molecule has 2 N–H and O–H groups in total. The van der Waals surface area contributed by atoms with Crippen molar-refractivity contribution >= 4 is 22.6 Å². The molecule has 1 amide bonds. The third kappa shape index (κ3) is 4.00. The van der Waals surface area contributed by atoms with Crippen LogP contribution in [0, 0.1) is 0 Å². The summed E-state index contributed by atoms with van der Waals surface area (Å²) in [6.07, 6.45) is 0. The molecule has 30 heavy (non-hydrogen) atoms. The normalized spacial score (nSPS) is 13.5. The zero-order valence-electron chi connectivity index (χ0n) is 16.4. The van der Waals surface area contributed by atoms with Gasteiger partial charge in [0, 0.05) is 5.39 Å². The predicted molar refractivity (Wildman–Crippen MR) is 110 cm³/mol. The molecule has 0 saturated carbocycles. The zero-order valence-corrected chi connectivity index (χ0v) is 16.4. The van der Waals surface area contributed by atoms with Crippen LogP contribution in [0.2, 0.25) is 0 Å². The number of carbonyl (C=O) groups is 2. The van der Waals surface area contributed by atoms with Crippen molar-refractivity contribution in [1.29, 1.82) is 0 Å². The number of carbonyl (C=O) groups excluding carboxylic acids is 2.